The highest BCUT2D eigenvalue weighted by Crippen LogP contribution is 2.29. The number of hydrogen-bond acceptors (Lipinski definition) is 3. The number of ether oxygens (including phenoxy) is 1. The van der Waals surface area contributed by atoms with Crippen LogP contribution in [0.25, 0.3) is 0 Å². The van der Waals surface area contributed by atoms with Gasteiger partial charge in [0.2, 0.25) is 5.91 Å². The lowest BCUT2D eigenvalue weighted by atomic mass is 9.82. The SMILES string of the molecule is CCCCCCCCCCCCCCCCCC(=O)NCCCC(C)(C)CCCCCCCCCCCCCOC(C)=O. The first-order valence-electron chi connectivity index (χ1n) is 19.3. The molecule has 43 heavy (non-hydrogen) atoms. The third kappa shape index (κ3) is 35.3. The second kappa shape index (κ2) is 32.3. The van der Waals surface area contributed by atoms with Crippen LogP contribution in [0.1, 0.15) is 220 Å². The van der Waals surface area contributed by atoms with Gasteiger partial charge < -0.3 is 10.1 Å². The van der Waals surface area contributed by atoms with Crippen molar-refractivity contribution in [3.05, 3.63) is 0 Å². The predicted octanol–water partition coefficient (Wildman–Crippen LogP) is 12.4. The van der Waals surface area contributed by atoms with Crippen molar-refractivity contribution in [1.29, 1.82) is 0 Å². The van der Waals surface area contributed by atoms with Crippen molar-refractivity contribution in [3.8, 4) is 0 Å². The number of esters is 1. The molecule has 0 aromatic heterocycles. The maximum Gasteiger partial charge on any atom is 0.302 e. The summed E-state index contributed by atoms with van der Waals surface area (Å²) in [6.07, 6.45) is 39.0. The Morgan fingerprint density at radius 3 is 1.33 bits per heavy atom. The van der Waals surface area contributed by atoms with Gasteiger partial charge in [0.05, 0.1) is 6.61 Å². The van der Waals surface area contributed by atoms with E-state index in [0.717, 1.165) is 25.8 Å². The normalized spacial score (nSPS) is 11.6. The van der Waals surface area contributed by atoms with E-state index >= 15 is 0 Å². The molecule has 0 aliphatic carbocycles. The Kier molecular flexibility index (Phi) is 31.5. The molecule has 0 saturated heterocycles. The Bertz CT molecular complexity index is 603. The summed E-state index contributed by atoms with van der Waals surface area (Å²) in [5.74, 6) is 0.0939. The lowest BCUT2D eigenvalue weighted by molar-refractivity contribution is -0.141. The van der Waals surface area contributed by atoms with Crippen molar-refractivity contribution in [1.82, 2.24) is 5.32 Å². The van der Waals surface area contributed by atoms with Gasteiger partial charge in [0.1, 0.15) is 0 Å². The Morgan fingerprint density at radius 2 is 0.884 bits per heavy atom. The van der Waals surface area contributed by atoms with Gasteiger partial charge in [-0.1, -0.05) is 175 Å². The van der Waals surface area contributed by atoms with E-state index in [0.29, 0.717) is 18.4 Å². The number of rotatable bonds is 34. The van der Waals surface area contributed by atoms with Crippen molar-refractivity contribution in [3.63, 3.8) is 0 Å². The van der Waals surface area contributed by atoms with Crippen molar-refractivity contribution in [2.24, 2.45) is 5.41 Å². The van der Waals surface area contributed by atoms with Crippen molar-refractivity contribution < 1.29 is 14.3 Å². The second-order valence-corrected chi connectivity index (χ2v) is 14.3. The molecule has 0 aromatic carbocycles. The number of nitrogens with one attached hydrogen (secondary N) is 1. The summed E-state index contributed by atoms with van der Waals surface area (Å²) in [6, 6.07) is 0. The highest BCUT2D eigenvalue weighted by molar-refractivity contribution is 5.75. The number of carbonyl (C=O) groups is 2. The van der Waals surface area contributed by atoms with Gasteiger partial charge in [-0.25, -0.2) is 0 Å². The smallest absolute Gasteiger partial charge is 0.302 e. The summed E-state index contributed by atoms with van der Waals surface area (Å²) in [5, 5.41) is 3.17. The Balaban J connectivity index is 3.39. The van der Waals surface area contributed by atoms with Gasteiger partial charge in [-0.3, -0.25) is 9.59 Å². The van der Waals surface area contributed by atoms with E-state index in [9.17, 15) is 9.59 Å². The van der Waals surface area contributed by atoms with Crippen LogP contribution in [-0.4, -0.2) is 25.0 Å². The first kappa shape index (κ1) is 41.9. The quantitative estimate of drug-likeness (QED) is 0.0584. The molecule has 256 valence electrons. The zero-order valence-corrected chi connectivity index (χ0v) is 29.9. The molecule has 1 N–H and O–H groups in total. The van der Waals surface area contributed by atoms with Crippen LogP contribution in [0.15, 0.2) is 0 Å². The highest BCUT2D eigenvalue weighted by atomic mass is 16.5. The molecular formula is C39H77NO3. The van der Waals surface area contributed by atoms with Crippen LogP contribution in [0.3, 0.4) is 0 Å². The summed E-state index contributed by atoms with van der Waals surface area (Å²) < 4.78 is 4.97. The molecule has 0 spiro atoms. The van der Waals surface area contributed by atoms with E-state index < -0.39 is 0 Å². The summed E-state index contributed by atoms with van der Waals surface area (Å²) in [6.45, 7) is 9.99. The van der Waals surface area contributed by atoms with Crippen molar-refractivity contribution in [2.75, 3.05) is 13.2 Å². The molecule has 0 aliphatic heterocycles. The average molecular weight is 608 g/mol. The van der Waals surface area contributed by atoms with Crippen LogP contribution in [0.5, 0.6) is 0 Å². The Morgan fingerprint density at radius 1 is 0.512 bits per heavy atom. The molecule has 0 aromatic rings. The lowest BCUT2D eigenvalue weighted by Gasteiger charge is -2.24. The molecule has 0 bridgehead atoms. The monoisotopic (exact) mass is 608 g/mol. The first-order chi connectivity index (χ1) is 20.9. The lowest BCUT2D eigenvalue weighted by Crippen LogP contribution is -2.25. The van der Waals surface area contributed by atoms with Crippen LogP contribution < -0.4 is 5.32 Å². The third-order valence-corrected chi connectivity index (χ3v) is 9.16. The standard InChI is InChI=1S/C39H77NO3/c1-5-6-7-8-9-10-11-12-13-14-16-19-22-25-28-32-38(42)40-35-31-34-39(3,4)33-29-26-23-20-17-15-18-21-24-27-30-36-43-37(2)41/h5-36H2,1-4H3,(H,40,42). The third-order valence-electron chi connectivity index (χ3n) is 9.16. The van der Waals surface area contributed by atoms with Gasteiger partial charge in [-0.15, -0.1) is 0 Å². The van der Waals surface area contributed by atoms with Crippen LogP contribution >= 0.6 is 0 Å². The van der Waals surface area contributed by atoms with E-state index in [4.69, 9.17) is 4.74 Å². The second-order valence-electron chi connectivity index (χ2n) is 14.3. The van der Waals surface area contributed by atoms with Gasteiger partial charge in [0.15, 0.2) is 0 Å². The highest BCUT2D eigenvalue weighted by Gasteiger charge is 2.16. The maximum atomic E-state index is 12.2. The van der Waals surface area contributed by atoms with E-state index in [2.05, 4.69) is 26.1 Å². The first-order valence-corrected chi connectivity index (χ1v) is 19.3. The Hall–Kier alpha value is -1.06. The van der Waals surface area contributed by atoms with E-state index in [1.165, 1.54) is 174 Å². The summed E-state index contributed by atoms with van der Waals surface area (Å²) >= 11 is 0. The molecule has 4 nitrogen and oxygen atoms in total. The van der Waals surface area contributed by atoms with Crippen LogP contribution in [-0.2, 0) is 14.3 Å². The molecule has 0 fully saturated rings. The fourth-order valence-electron chi connectivity index (χ4n) is 6.18. The van der Waals surface area contributed by atoms with E-state index in [1.807, 2.05) is 0 Å². The van der Waals surface area contributed by atoms with Gasteiger partial charge in [-0.2, -0.15) is 0 Å². The molecule has 0 aliphatic rings. The van der Waals surface area contributed by atoms with Crippen LogP contribution in [0.2, 0.25) is 0 Å². The van der Waals surface area contributed by atoms with Gasteiger partial charge >= 0.3 is 5.97 Å². The molecule has 0 atom stereocenters. The fourth-order valence-corrected chi connectivity index (χ4v) is 6.18. The van der Waals surface area contributed by atoms with Gasteiger partial charge in [0.25, 0.3) is 0 Å². The molecule has 0 saturated carbocycles. The number of amides is 1. The van der Waals surface area contributed by atoms with Crippen LogP contribution in [0.4, 0.5) is 0 Å². The molecule has 4 heteroatoms. The molecular weight excluding hydrogens is 530 g/mol. The number of carbonyl (C=O) groups excluding carboxylic acids is 2. The largest absolute Gasteiger partial charge is 0.466 e. The predicted molar refractivity (Wildman–Crippen MR) is 188 cm³/mol. The zero-order chi connectivity index (χ0) is 31.7. The van der Waals surface area contributed by atoms with Crippen molar-refractivity contribution in [2.45, 2.75) is 220 Å². The van der Waals surface area contributed by atoms with Crippen molar-refractivity contribution >= 4 is 11.9 Å². The summed E-state index contributed by atoms with van der Waals surface area (Å²) in [5.41, 5.74) is 0.383. The van der Waals surface area contributed by atoms with Gasteiger partial charge in [-0.05, 0) is 37.5 Å². The summed E-state index contributed by atoms with van der Waals surface area (Å²) in [7, 11) is 0. The molecule has 0 radical (unpaired) electrons. The number of unbranched alkanes of at least 4 members (excludes halogenated alkanes) is 24. The fraction of sp³-hybridized carbons (Fsp3) is 0.949. The Labute approximate surface area is 270 Å². The summed E-state index contributed by atoms with van der Waals surface area (Å²) in [4.78, 5) is 22.9. The minimum atomic E-state index is -0.162. The molecule has 1 amide bonds. The molecule has 0 unspecified atom stereocenters. The molecule has 0 rings (SSSR count). The zero-order valence-electron chi connectivity index (χ0n) is 29.9. The maximum absolute atomic E-state index is 12.2. The van der Waals surface area contributed by atoms with Crippen LogP contribution in [0, 0.1) is 5.41 Å². The molecule has 0 heterocycles. The van der Waals surface area contributed by atoms with Gasteiger partial charge in [0, 0.05) is 19.9 Å². The average Bonchev–Trinajstić information content (AvgIpc) is 2.97. The van der Waals surface area contributed by atoms with E-state index in [1.54, 1.807) is 0 Å². The van der Waals surface area contributed by atoms with E-state index in [-0.39, 0.29) is 11.9 Å². The minimum Gasteiger partial charge on any atom is -0.466 e. The minimum absolute atomic E-state index is 0.162. The topological polar surface area (TPSA) is 55.4 Å². The number of hydrogen-bond donors (Lipinski definition) is 1.